The second-order valence-electron chi connectivity index (χ2n) is 9.46. The van der Waals surface area contributed by atoms with E-state index in [1.54, 1.807) is 4.57 Å². The largest absolute Gasteiger partial charge is 0.494 e. The van der Waals surface area contributed by atoms with E-state index in [-0.39, 0.29) is 17.2 Å². The monoisotopic (exact) mass is 566 g/mol. The first-order valence-electron chi connectivity index (χ1n) is 12.8. The van der Waals surface area contributed by atoms with Gasteiger partial charge in [0.15, 0.2) is 14.8 Å². The fourth-order valence-electron chi connectivity index (χ4n) is 4.62. The topological polar surface area (TPSA) is 69.4 Å². The maximum Gasteiger partial charge on any atom is 0.278 e. The van der Waals surface area contributed by atoms with Gasteiger partial charge in [-0.3, -0.25) is 18.7 Å². The number of piperidine rings is 1. The van der Waals surface area contributed by atoms with Crippen molar-refractivity contribution in [3.63, 3.8) is 0 Å². The van der Waals surface area contributed by atoms with Gasteiger partial charge >= 0.3 is 0 Å². The number of likely N-dealkylation sites (tertiary alicyclic amines) is 1. The number of fused-ring (bicyclic) bond motifs is 1. The third-order valence-electron chi connectivity index (χ3n) is 6.80. The van der Waals surface area contributed by atoms with Crippen LogP contribution < -0.4 is 10.3 Å². The predicted octanol–water partition coefficient (Wildman–Crippen LogP) is 6.03. The highest BCUT2D eigenvalue weighted by Crippen LogP contribution is 2.29. The van der Waals surface area contributed by atoms with Crippen LogP contribution in [0.15, 0.2) is 58.5 Å². The SMILES string of the molecule is CCOc1ccc(-n2c(=S)sc3c(=O)n(-c4ccccc4C)c(SCC(=O)N4CCC(C)CC4)nc32)cc1. The van der Waals surface area contributed by atoms with E-state index >= 15 is 0 Å². The second-order valence-corrected chi connectivity index (χ2v) is 12.0. The summed E-state index contributed by atoms with van der Waals surface area (Å²) in [6, 6.07) is 15.3. The lowest BCUT2D eigenvalue weighted by Gasteiger charge is -2.30. The van der Waals surface area contributed by atoms with E-state index in [1.807, 2.05) is 71.8 Å². The highest BCUT2D eigenvalue weighted by molar-refractivity contribution is 7.99. The molecule has 0 spiro atoms. The molecule has 0 saturated carbocycles. The van der Waals surface area contributed by atoms with Crippen LogP contribution in [0.3, 0.4) is 0 Å². The quantitative estimate of drug-likeness (QED) is 0.155. The highest BCUT2D eigenvalue weighted by Gasteiger charge is 2.23. The number of hydrogen-bond donors (Lipinski definition) is 0. The average molecular weight is 567 g/mol. The van der Waals surface area contributed by atoms with Gasteiger partial charge in [0.05, 0.1) is 18.0 Å². The molecule has 0 N–H and O–H groups in total. The van der Waals surface area contributed by atoms with Crippen LogP contribution in [0.2, 0.25) is 0 Å². The summed E-state index contributed by atoms with van der Waals surface area (Å²) in [6.45, 7) is 8.27. The van der Waals surface area contributed by atoms with Crippen molar-refractivity contribution in [3.05, 3.63) is 68.4 Å². The van der Waals surface area contributed by atoms with Gasteiger partial charge in [-0.1, -0.05) is 48.2 Å². The molecule has 198 valence electrons. The number of carbonyl (C=O) groups is 1. The maximum atomic E-state index is 14.0. The molecule has 1 amide bonds. The van der Waals surface area contributed by atoms with E-state index in [4.69, 9.17) is 21.9 Å². The van der Waals surface area contributed by atoms with Crippen LogP contribution in [0, 0.1) is 16.8 Å². The third-order valence-corrected chi connectivity index (χ3v) is 9.07. The molecular formula is C28H30N4O3S3. The van der Waals surface area contributed by atoms with Crippen molar-refractivity contribution in [2.75, 3.05) is 25.4 Å². The molecule has 10 heteroatoms. The number of nitrogens with zero attached hydrogens (tertiary/aromatic N) is 4. The van der Waals surface area contributed by atoms with Crippen molar-refractivity contribution in [1.29, 1.82) is 0 Å². The maximum absolute atomic E-state index is 14.0. The van der Waals surface area contributed by atoms with Crippen LogP contribution in [0.4, 0.5) is 0 Å². The Labute approximate surface area is 235 Å². The molecular weight excluding hydrogens is 537 g/mol. The summed E-state index contributed by atoms with van der Waals surface area (Å²) in [5, 5.41) is 0.475. The van der Waals surface area contributed by atoms with Gasteiger partial charge in [-0.25, -0.2) is 4.98 Å². The average Bonchev–Trinajstić information content (AvgIpc) is 3.25. The van der Waals surface area contributed by atoms with Crippen molar-refractivity contribution < 1.29 is 9.53 Å². The Morgan fingerprint density at radius 2 is 1.84 bits per heavy atom. The molecule has 1 aliphatic heterocycles. The zero-order chi connectivity index (χ0) is 26.8. The first-order valence-corrected chi connectivity index (χ1v) is 15.0. The van der Waals surface area contributed by atoms with Gasteiger partial charge in [-0.15, -0.1) is 0 Å². The predicted molar refractivity (Wildman–Crippen MR) is 157 cm³/mol. The van der Waals surface area contributed by atoms with Crippen LogP contribution in [-0.4, -0.2) is 50.4 Å². The van der Waals surface area contributed by atoms with Gasteiger partial charge in [0.2, 0.25) is 5.91 Å². The number of para-hydroxylation sites is 1. The minimum Gasteiger partial charge on any atom is -0.494 e. The summed E-state index contributed by atoms with van der Waals surface area (Å²) >= 11 is 8.26. The smallest absolute Gasteiger partial charge is 0.278 e. The molecule has 1 aliphatic rings. The van der Waals surface area contributed by atoms with Gasteiger partial charge in [0.1, 0.15) is 10.4 Å². The first kappa shape index (κ1) is 26.6. The molecule has 1 saturated heterocycles. The standard InChI is InChI=1S/C28H30N4O3S3/c1-4-35-21-11-9-20(10-12-21)31-25-24(38-28(31)36)26(34)32(22-8-6-5-7-19(22)3)27(29-25)37-17-23(33)30-15-13-18(2)14-16-30/h5-12,18H,4,13-17H2,1-3H3. The fraction of sp³-hybridized carbons (Fsp3) is 0.357. The van der Waals surface area contributed by atoms with E-state index in [9.17, 15) is 9.59 Å². The number of aromatic nitrogens is 3. The van der Waals surface area contributed by atoms with E-state index in [0.717, 1.165) is 48.6 Å². The third kappa shape index (κ3) is 5.30. The molecule has 38 heavy (non-hydrogen) atoms. The molecule has 0 aliphatic carbocycles. The number of carbonyl (C=O) groups excluding carboxylic acids is 1. The lowest BCUT2D eigenvalue weighted by molar-refractivity contribution is -0.129. The molecule has 7 nitrogen and oxygen atoms in total. The summed E-state index contributed by atoms with van der Waals surface area (Å²) in [7, 11) is 0. The summed E-state index contributed by atoms with van der Waals surface area (Å²) in [6.07, 6.45) is 2.04. The van der Waals surface area contributed by atoms with Crippen molar-refractivity contribution in [2.45, 2.75) is 38.8 Å². The van der Waals surface area contributed by atoms with Crippen LogP contribution in [-0.2, 0) is 4.79 Å². The van der Waals surface area contributed by atoms with E-state index in [2.05, 4.69) is 6.92 Å². The normalized spacial score (nSPS) is 14.2. The molecule has 4 aromatic rings. The van der Waals surface area contributed by atoms with Crippen LogP contribution in [0.5, 0.6) is 5.75 Å². The van der Waals surface area contributed by atoms with Crippen LogP contribution >= 0.6 is 35.3 Å². The van der Waals surface area contributed by atoms with Crippen LogP contribution in [0.1, 0.15) is 32.3 Å². The summed E-state index contributed by atoms with van der Waals surface area (Å²) in [4.78, 5) is 33.9. The number of thioether (sulfide) groups is 1. The molecule has 0 radical (unpaired) electrons. The van der Waals surface area contributed by atoms with E-state index < -0.39 is 0 Å². The summed E-state index contributed by atoms with van der Waals surface area (Å²) < 4.78 is 10.0. The Hall–Kier alpha value is -2.95. The van der Waals surface area contributed by atoms with Crippen molar-refractivity contribution in [3.8, 4) is 17.1 Å². The van der Waals surface area contributed by atoms with Gasteiger partial charge in [-0.05, 0) is 80.7 Å². The number of rotatable bonds is 7. The van der Waals surface area contributed by atoms with Crippen molar-refractivity contribution in [1.82, 2.24) is 19.0 Å². The van der Waals surface area contributed by atoms with E-state index in [1.165, 1.54) is 23.1 Å². The highest BCUT2D eigenvalue weighted by atomic mass is 32.2. The van der Waals surface area contributed by atoms with Crippen molar-refractivity contribution in [2.24, 2.45) is 5.92 Å². The molecule has 1 fully saturated rings. The van der Waals surface area contributed by atoms with Gasteiger partial charge in [0, 0.05) is 18.8 Å². The molecule has 2 aromatic heterocycles. The minimum absolute atomic E-state index is 0.0706. The Morgan fingerprint density at radius 1 is 1.13 bits per heavy atom. The van der Waals surface area contributed by atoms with Crippen LogP contribution in [0.25, 0.3) is 21.7 Å². The number of thiazole rings is 1. The number of aryl methyl sites for hydroxylation is 1. The summed E-state index contributed by atoms with van der Waals surface area (Å²) in [5.41, 5.74) is 2.82. The lowest BCUT2D eigenvalue weighted by Crippen LogP contribution is -2.39. The summed E-state index contributed by atoms with van der Waals surface area (Å²) in [5.74, 6) is 1.69. The molecule has 0 unspecified atom stereocenters. The zero-order valence-electron chi connectivity index (χ0n) is 21.7. The fourth-order valence-corrected chi connectivity index (χ4v) is 6.82. The Bertz CT molecular complexity index is 1580. The molecule has 0 atom stereocenters. The molecule has 5 rings (SSSR count). The Kier molecular flexibility index (Phi) is 8.01. The Morgan fingerprint density at radius 3 is 2.53 bits per heavy atom. The van der Waals surface area contributed by atoms with Gasteiger partial charge < -0.3 is 9.64 Å². The minimum atomic E-state index is -0.188. The number of hydrogen-bond acceptors (Lipinski definition) is 7. The van der Waals surface area contributed by atoms with Gasteiger partial charge in [0.25, 0.3) is 5.56 Å². The number of benzene rings is 2. The lowest BCUT2D eigenvalue weighted by atomic mass is 9.99. The zero-order valence-corrected chi connectivity index (χ0v) is 24.1. The van der Waals surface area contributed by atoms with Gasteiger partial charge in [-0.2, -0.15) is 0 Å². The second kappa shape index (κ2) is 11.4. The Balaban J connectivity index is 1.60. The number of amides is 1. The first-order chi connectivity index (χ1) is 18.4. The number of ether oxygens (including phenoxy) is 1. The van der Waals surface area contributed by atoms with Crippen molar-refractivity contribution >= 4 is 51.6 Å². The molecule has 3 heterocycles. The van der Waals surface area contributed by atoms with E-state index in [0.29, 0.717) is 32.0 Å². The molecule has 2 aromatic carbocycles. The molecule has 0 bridgehead atoms.